The van der Waals surface area contributed by atoms with Gasteiger partial charge in [0.25, 0.3) is 5.91 Å². The first-order valence-corrected chi connectivity index (χ1v) is 13.2. The number of likely N-dealkylation sites (N-methyl/N-ethyl adjacent to an activating group) is 1. The molecular formula is C29H32N10O2. The molecule has 4 aromatic rings. The smallest absolute Gasteiger partial charge is 0.256 e. The SMILES string of the molecule is C=CCNC(=O)c1cnc(Nc2ccc(N3CCN(C)CC3)c(OC)c2)nc1Nc1cccc(-c2cccnn2)n1. The molecule has 41 heavy (non-hydrogen) atoms. The zero-order valence-corrected chi connectivity index (χ0v) is 23.0. The number of nitrogens with one attached hydrogen (secondary N) is 3. The zero-order valence-electron chi connectivity index (χ0n) is 23.0. The number of piperazine rings is 1. The first kappa shape index (κ1) is 27.5. The molecule has 1 fully saturated rings. The average Bonchev–Trinajstić information content (AvgIpc) is 3.01. The monoisotopic (exact) mass is 552 g/mol. The van der Waals surface area contributed by atoms with Gasteiger partial charge in [-0.1, -0.05) is 12.1 Å². The Labute approximate surface area is 238 Å². The number of ether oxygens (including phenoxy) is 1. The molecule has 0 unspecified atom stereocenters. The van der Waals surface area contributed by atoms with Crippen LogP contribution in [0.2, 0.25) is 0 Å². The second kappa shape index (κ2) is 12.8. The molecule has 1 aliphatic rings. The van der Waals surface area contributed by atoms with Crippen LogP contribution >= 0.6 is 0 Å². The third-order valence-corrected chi connectivity index (χ3v) is 6.55. The number of hydrogen-bond acceptors (Lipinski definition) is 11. The number of hydrogen-bond donors (Lipinski definition) is 3. The molecule has 0 saturated carbocycles. The Hall–Kier alpha value is -5.10. The maximum atomic E-state index is 12.9. The normalized spacial score (nSPS) is 13.4. The molecule has 12 nitrogen and oxygen atoms in total. The predicted octanol–water partition coefficient (Wildman–Crippen LogP) is 3.49. The number of aromatic nitrogens is 5. The van der Waals surface area contributed by atoms with Gasteiger partial charge in [-0.15, -0.1) is 11.7 Å². The van der Waals surface area contributed by atoms with Crippen molar-refractivity contribution in [3.63, 3.8) is 0 Å². The lowest BCUT2D eigenvalue weighted by Gasteiger charge is -2.34. The molecule has 0 spiro atoms. The van der Waals surface area contributed by atoms with Gasteiger partial charge in [0, 0.05) is 56.9 Å². The Bertz CT molecular complexity index is 1510. The number of carbonyl (C=O) groups excluding carboxylic acids is 1. The van der Waals surface area contributed by atoms with Crippen LogP contribution < -0.4 is 25.6 Å². The van der Waals surface area contributed by atoms with Crippen LogP contribution in [-0.2, 0) is 0 Å². The molecule has 4 heterocycles. The molecule has 0 bridgehead atoms. The molecule has 1 aromatic carbocycles. The molecule has 1 saturated heterocycles. The van der Waals surface area contributed by atoms with Gasteiger partial charge >= 0.3 is 0 Å². The summed E-state index contributed by atoms with van der Waals surface area (Å²) in [7, 11) is 3.79. The summed E-state index contributed by atoms with van der Waals surface area (Å²) in [5, 5.41) is 17.2. The van der Waals surface area contributed by atoms with E-state index < -0.39 is 0 Å². The largest absolute Gasteiger partial charge is 0.495 e. The van der Waals surface area contributed by atoms with Crippen molar-refractivity contribution in [2.75, 3.05) is 62.4 Å². The van der Waals surface area contributed by atoms with Crippen LogP contribution in [0.15, 0.2) is 73.6 Å². The van der Waals surface area contributed by atoms with E-state index in [0.717, 1.165) is 43.3 Å². The first-order valence-electron chi connectivity index (χ1n) is 13.2. The molecule has 0 atom stereocenters. The number of methoxy groups -OCH3 is 1. The number of benzene rings is 1. The van der Waals surface area contributed by atoms with Gasteiger partial charge in [-0.25, -0.2) is 9.97 Å². The highest BCUT2D eigenvalue weighted by atomic mass is 16.5. The van der Waals surface area contributed by atoms with E-state index in [1.165, 1.54) is 6.20 Å². The molecule has 0 radical (unpaired) electrons. The number of rotatable bonds is 10. The molecule has 3 aromatic heterocycles. The van der Waals surface area contributed by atoms with E-state index in [9.17, 15) is 4.79 Å². The van der Waals surface area contributed by atoms with Crippen LogP contribution in [0, 0.1) is 0 Å². The summed E-state index contributed by atoms with van der Waals surface area (Å²) < 4.78 is 5.72. The maximum Gasteiger partial charge on any atom is 0.256 e. The van der Waals surface area contributed by atoms with Crippen molar-refractivity contribution in [1.29, 1.82) is 0 Å². The summed E-state index contributed by atoms with van der Waals surface area (Å²) in [6.07, 6.45) is 4.68. The van der Waals surface area contributed by atoms with Crippen molar-refractivity contribution in [2.45, 2.75) is 0 Å². The van der Waals surface area contributed by atoms with Crippen molar-refractivity contribution in [3.05, 3.63) is 79.1 Å². The van der Waals surface area contributed by atoms with Gasteiger partial charge in [0.2, 0.25) is 5.95 Å². The molecule has 12 heteroatoms. The van der Waals surface area contributed by atoms with Crippen LogP contribution in [0.4, 0.5) is 29.0 Å². The minimum Gasteiger partial charge on any atom is -0.495 e. The Morgan fingerprint density at radius 3 is 2.63 bits per heavy atom. The Morgan fingerprint density at radius 2 is 1.88 bits per heavy atom. The number of carbonyl (C=O) groups is 1. The fourth-order valence-electron chi connectivity index (χ4n) is 4.36. The van der Waals surface area contributed by atoms with Gasteiger partial charge in [-0.2, -0.15) is 10.1 Å². The molecular weight excluding hydrogens is 520 g/mol. The summed E-state index contributed by atoms with van der Waals surface area (Å²) >= 11 is 0. The molecule has 1 aliphatic heterocycles. The van der Waals surface area contributed by atoms with Crippen molar-refractivity contribution in [1.82, 2.24) is 35.4 Å². The number of nitrogens with zero attached hydrogens (tertiary/aromatic N) is 7. The minimum atomic E-state index is -0.345. The second-order valence-corrected chi connectivity index (χ2v) is 9.40. The van der Waals surface area contributed by atoms with Crippen molar-refractivity contribution >= 4 is 34.9 Å². The van der Waals surface area contributed by atoms with Gasteiger partial charge in [0.1, 0.15) is 28.6 Å². The molecule has 210 valence electrons. The Morgan fingerprint density at radius 1 is 1.05 bits per heavy atom. The lowest BCUT2D eigenvalue weighted by molar-refractivity contribution is 0.0958. The van der Waals surface area contributed by atoms with E-state index in [0.29, 0.717) is 29.7 Å². The van der Waals surface area contributed by atoms with E-state index in [-0.39, 0.29) is 17.3 Å². The fraction of sp³-hybridized carbons (Fsp3) is 0.241. The summed E-state index contributed by atoms with van der Waals surface area (Å²) in [5.74, 6) is 1.47. The molecule has 5 rings (SSSR count). The van der Waals surface area contributed by atoms with Gasteiger partial charge in [0.15, 0.2) is 0 Å². The Kier molecular flexibility index (Phi) is 8.60. The van der Waals surface area contributed by atoms with Crippen LogP contribution in [0.3, 0.4) is 0 Å². The van der Waals surface area contributed by atoms with Gasteiger partial charge in [-0.05, 0) is 43.4 Å². The van der Waals surface area contributed by atoms with Crippen LogP contribution in [-0.4, -0.2) is 82.8 Å². The van der Waals surface area contributed by atoms with Gasteiger partial charge in [-0.3, -0.25) is 4.79 Å². The van der Waals surface area contributed by atoms with Crippen molar-refractivity contribution in [3.8, 4) is 17.1 Å². The lowest BCUT2D eigenvalue weighted by atomic mass is 10.2. The third-order valence-electron chi connectivity index (χ3n) is 6.55. The van der Waals surface area contributed by atoms with E-state index in [4.69, 9.17) is 4.74 Å². The third kappa shape index (κ3) is 6.73. The lowest BCUT2D eigenvalue weighted by Crippen LogP contribution is -2.44. The van der Waals surface area contributed by atoms with E-state index in [1.807, 2.05) is 36.4 Å². The summed E-state index contributed by atoms with van der Waals surface area (Å²) in [5.41, 5.74) is 3.29. The average molecular weight is 553 g/mol. The summed E-state index contributed by atoms with van der Waals surface area (Å²) in [6.45, 7) is 7.82. The van der Waals surface area contributed by atoms with Crippen LogP contribution in [0.5, 0.6) is 5.75 Å². The maximum absolute atomic E-state index is 12.9. The molecule has 1 amide bonds. The van der Waals surface area contributed by atoms with E-state index in [2.05, 4.69) is 64.5 Å². The number of anilines is 5. The van der Waals surface area contributed by atoms with Crippen molar-refractivity contribution < 1.29 is 9.53 Å². The predicted molar refractivity (Wildman–Crippen MR) is 159 cm³/mol. The highest BCUT2D eigenvalue weighted by Gasteiger charge is 2.19. The van der Waals surface area contributed by atoms with E-state index >= 15 is 0 Å². The zero-order chi connectivity index (χ0) is 28.6. The minimum absolute atomic E-state index is 0.257. The van der Waals surface area contributed by atoms with Gasteiger partial charge in [0.05, 0.1) is 18.5 Å². The number of pyridine rings is 1. The van der Waals surface area contributed by atoms with Gasteiger partial charge < -0.3 is 30.5 Å². The van der Waals surface area contributed by atoms with Crippen LogP contribution in [0.1, 0.15) is 10.4 Å². The topological polar surface area (TPSA) is 133 Å². The quantitative estimate of drug-likeness (QED) is 0.250. The number of amides is 1. The highest BCUT2D eigenvalue weighted by Crippen LogP contribution is 2.33. The first-order chi connectivity index (χ1) is 20.0. The summed E-state index contributed by atoms with van der Waals surface area (Å²) in [4.78, 5) is 31.2. The molecule has 0 aliphatic carbocycles. The fourth-order valence-corrected chi connectivity index (χ4v) is 4.36. The standard InChI is InChI=1S/C29H32N10O2/c1-4-12-30-28(40)21-19-31-29(33-20-10-11-24(25(18-20)41-3)39-16-14-38(2)15-17-39)36-27(21)35-26-9-5-7-22(34-26)23-8-6-13-32-37-23/h4-11,13,18-19H,1,12,14-17H2,2-3H3,(H,30,40)(H2,31,33,34,35,36). The van der Waals surface area contributed by atoms with E-state index in [1.54, 1.807) is 31.5 Å². The second-order valence-electron chi connectivity index (χ2n) is 9.40. The Balaban J connectivity index is 1.41. The van der Waals surface area contributed by atoms with Crippen LogP contribution in [0.25, 0.3) is 11.4 Å². The highest BCUT2D eigenvalue weighted by molar-refractivity contribution is 5.99. The molecule has 3 N–H and O–H groups in total. The summed E-state index contributed by atoms with van der Waals surface area (Å²) in [6, 6.07) is 15.0. The van der Waals surface area contributed by atoms with Crippen molar-refractivity contribution in [2.24, 2.45) is 0 Å².